The van der Waals surface area contributed by atoms with Crippen LogP contribution in [0.4, 0.5) is 24.7 Å². The Bertz CT molecular complexity index is 1960. The number of aryl methyl sites for hydroxylation is 1. The molecular weight excluding hydrogens is 611 g/mol. The summed E-state index contributed by atoms with van der Waals surface area (Å²) < 4.78 is 81.3. The van der Waals surface area contributed by atoms with Crippen LogP contribution in [-0.2, 0) is 21.8 Å². The van der Waals surface area contributed by atoms with Crippen molar-refractivity contribution in [2.75, 3.05) is 23.7 Å². The molecule has 3 aromatic heterocycles. The van der Waals surface area contributed by atoms with Crippen molar-refractivity contribution in [1.82, 2.24) is 24.5 Å². The zero-order valence-corrected chi connectivity index (χ0v) is 25.1. The van der Waals surface area contributed by atoms with E-state index in [0.29, 0.717) is 40.9 Å². The number of ether oxygens (including phenoxy) is 2. The molecule has 0 aliphatic carbocycles. The van der Waals surface area contributed by atoms with Crippen LogP contribution in [0.2, 0.25) is 0 Å². The minimum absolute atomic E-state index is 0.0484. The summed E-state index contributed by atoms with van der Waals surface area (Å²) in [6.45, 7) is 3.01. The Morgan fingerprint density at radius 1 is 1.09 bits per heavy atom. The number of alkyl halides is 2. The lowest BCUT2D eigenvalue weighted by molar-refractivity contribution is 0.0662. The minimum atomic E-state index is -5.01. The van der Waals surface area contributed by atoms with E-state index in [1.807, 2.05) is 15.6 Å². The number of rotatable bonds is 9. The van der Waals surface area contributed by atoms with Gasteiger partial charge in [0, 0.05) is 49.3 Å². The molecule has 11 nitrogen and oxygen atoms in total. The van der Waals surface area contributed by atoms with Gasteiger partial charge in [0.1, 0.15) is 29.2 Å². The molecule has 3 N–H and O–H groups in total. The largest absolute Gasteiger partial charge is 0.484 e. The van der Waals surface area contributed by atoms with Gasteiger partial charge in [-0.15, -0.1) is 0 Å². The van der Waals surface area contributed by atoms with E-state index in [0.717, 1.165) is 24.0 Å². The third-order valence-corrected chi connectivity index (χ3v) is 8.73. The SMILES string of the molecule is C[C@@H](Oc1cc(-c2nn(C)c3c(-c4cnn(C5CCOCC5)c4)cnc(N)c23)ccc1NS(=O)(=O)C(F)F)c1ccc(F)cc1. The molecule has 0 amide bonds. The van der Waals surface area contributed by atoms with Gasteiger partial charge in [-0.25, -0.2) is 17.8 Å². The number of fused-ring (bicyclic) bond motifs is 1. The number of benzene rings is 2. The van der Waals surface area contributed by atoms with Crippen LogP contribution in [0.15, 0.2) is 61.1 Å². The van der Waals surface area contributed by atoms with E-state index in [4.69, 9.17) is 20.3 Å². The van der Waals surface area contributed by atoms with Crippen LogP contribution in [0.25, 0.3) is 33.3 Å². The Morgan fingerprint density at radius 2 is 1.82 bits per heavy atom. The van der Waals surface area contributed by atoms with Crippen LogP contribution < -0.4 is 15.2 Å². The molecule has 0 bridgehead atoms. The Labute approximate surface area is 256 Å². The van der Waals surface area contributed by atoms with Crippen molar-refractivity contribution < 1.29 is 31.1 Å². The van der Waals surface area contributed by atoms with Crippen molar-refractivity contribution in [2.45, 2.75) is 37.7 Å². The van der Waals surface area contributed by atoms with Crippen molar-refractivity contribution in [3.05, 3.63) is 72.4 Å². The van der Waals surface area contributed by atoms with E-state index in [9.17, 15) is 21.6 Å². The molecule has 236 valence electrons. The Morgan fingerprint density at radius 3 is 2.53 bits per heavy atom. The van der Waals surface area contributed by atoms with Gasteiger partial charge >= 0.3 is 5.76 Å². The van der Waals surface area contributed by atoms with Gasteiger partial charge in [0.15, 0.2) is 0 Å². The first-order valence-electron chi connectivity index (χ1n) is 14.1. The Hall–Kier alpha value is -4.63. The van der Waals surface area contributed by atoms with Gasteiger partial charge < -0.3 is 15.2 Å². The topological polar surface area (TPSA) is 139 Å². The number of anilines is 2. The Balaban J connectivity index is 1.43. The molecule has 4 heterocycles. The lowest BCUT2D eigenvalue weighted by Gasteiger charge is -2.22. The van der Waals surface area contributed by atoms with Crippen LogP contribution in [0.5, 0.6) is 5.75 Å². The lowest BCUT2D eigenvalue weighted by atomic mass is 10.0. The van der Waals surface area contributed by atoms with Gasteiger partial charge in [0.2, 0.25) is 0 Å². The molecule has 1 aliphatic rings. The fourth-order valence-electron chi connectivity index (χ4n) is 5.42. The summed E-state index contributed by atoms with van der Waals surface area (Å²) in [5.41, 5.74) is 9.90. The van der Waals surface area contributed by atoms with E-state index in [1.165, 1.54) is 42.5 Å². The van der Waals surface area contributed by atoms with Crippen molar-refractivity contribution in [2.24, 2.45) is 7.05 Å². The zero-order valence-electron chi connectivity index (χ0n) is 24.3. The highest BCUT2D eigenvalue weighted by Gasteiger charge is 2.27. The molecule has 1 aliphatic heterocycles. The van der Waals surface area contributed by atoms with Crippen molar-refractivity contribution in [1.29, 1.82) is 0 Å². The number of nitrogens with two attached hydrogens (primary N) is 1. The summed E-state index contributed by atoms with van der Waals surface area (Å²) in [5, 5.41) is 9.84. The molecule has 1 fully saturated rings. The molecule has 5 aromatic rings. The van der Waals surface area contributed by atoms with E-state index >= 15 is 0 Å². The number of nitrogens with zero attached hydrogens (tertiary/aromatic N) is 5. The third kappa shape index (κ3) is 6.04. The maximum atomic E-state index is 13.5. The highest BCUT2D eigenvalue weighted by atomic mass is 32.2. The molecule has 0 saturated carbocycles. The van der Waals surface area contributed by atoms with E-state index in [2.05, 4.69) is 10.1 Å². The summed E-state index contributed by atoms with van der Waals surface area (Å²) in [6, 6.07) is 10.1. The molecule has 0 radical (unpaired) electrons. The molecule has 6 rings (SSSR count). The van der Waals surface area contributed by atoms with Crippen molar-refractivity contribution >= 4 is 32.4 Å². The van der Waals surface area contributed by atoms with Gasteiger partial charge in [-0.2, -0.15) is 19.0 Å². The number of aromatic nitrogens is 5. The highest BCUT2D eigenvalue weighted by molar-refractivity contribution is 7.93. The summed E-state index contributed by atoms with van der Waals surface area (Å²) in [4.78, 5) is 4.44. The second kappa shape index (κ2) is 12.0. The summed E-state index contributed by atoms with van der Waals surface area (Å²) in [5.74, 6) is -3.95. The van der Waals surface area contributed by atoms with E-state index in [-0.39, 0.29) is 23.3 Å². The highest BCUT2D eigenvalue weighted by Crippen LogP contribution is 2.40. The van der Waals surface area contributed by atoms with Gasteiger partial charge in [-0.1, -0.05) is 18.2 Å². The van der Waals surface area contributed by atoms with Crippen molar-refractivity contribution in [3.8, 4) is 28.1 Å². The summed E-state index contributed by atoms with van der Waals surface area (Å²) >= 11 is 0. The minimum Gasteiger partial charge on any atom is -0.484 e. The quantitative estimate of drug-likeness (QED) is 0.210. The first-order chi connectivity index (χ1) is 21.5. The fraction of sp³-hybridized carbons (Fsp3) is 0.300. The zero-order chi connectivity index (χ0) is 31.9. The fourth-order valence-corrected chi connectivity index (χ4v) is 5.98. The standard InChI is InChI=1S/C30H30F3N7O4S/c1-17(18-3-6-21(31)7-4-18)44-25-13-19(5-8-24(25)38-45(41,42)30(32)33)27-26-28(39(2)37-27)23(15-35-29(26)34)20-14-36-40(16-20)22-9-11-43-12-10-22/h3-8,13-17,22,30,38H,9-12H2,1-2H3,(H2,34,35)/t17-/m1/s1. The molecule has 15 heteroatoms. The third-order valence-electron chi connectivity index (χ3n) is 7.75. The second-order valence-corrected chi connectivity index (χ2v) is 12.4. The molecule has 0 spiro atoms. The molecule has 1 atom stereocenters. The predicted octanol–water partition coefficient (Wildman–Crippen LogP) is 5.68. The van der Waals surface area contributed by atoms with Crippen LogP contribution >= 0.6 is 0 Å². The summed E-state index contributed by atoms with van der Waals surface area (Å²) in [6.07, 6.45) is 6.40. The van der Waals surface area contributed by atoms with E-state index in [1.54, 1.807) is 31.0 Å². The Kier molecular flexibility index (Phi) is 8.14. The van der Waals surface area contributed by atoms with Crippen LogP contribution in [0, 0.1) is 5.82 Å². The van der Waals surface area contributed by atoms with Gasteiger partial charge in [-0.3, -0.25) is 14.1 Å². The molecule has 2 aromatic carbocycles. The first-order valence-corrected chi connectivity index (χ1v) is 15.7. The van der Waals surface area contributed by atoms with E-state index < -0.39 is 27.7 Å². The molecule has 0 unspecified atom stereocenters. The number of halogens is 3. The van der Waals surface area contributed by atoms with Gasteiger partial charge in [-0.05, 0) is 49.6 Å². The molecular formula is C30H30F3N7O4S. The first kappa shape index (κ1) is 30.4. The molecule has 45 heavy (non-hydrogen) atoms. The van der Waals surface area contributed by atoms with Crippen molar-refractivity contribution in [3.63, 3.8) is 0 Å². The number of hydrogen-bond acceptors (Lipinski definition) is 8. The van der Waals surface area contributed by atoms with Crippen LogP contribution in [0.1, 0.15) is 37.5 Å². The lowest BCUT2D eigenvalue weighted by Crippen LogP contribution is -2.21. The van der Waals surface area contributed by atoms with Gasteiger partial charge in [0.05, 0.1) is 28.8 Å². The van der Waals surface area contributed by atoms with Crippen LogP contribution in [0.3, 0.4) is 0 Å². The number of sulfonamides is 1. The molecule has 1 saturated heterocycles. The maximum Gasteiger partial charge on any atom is 0.355 e. The predicted molar refractivity (Wildman–Crippen MR) is 163 cm³/mol. The van der Waals surface area contributed by atoms with Crippen LogP contribution in [-0.4, -0.2) is 51.9 Å². The average molecular weight is 642 g/mol. The average Bonchev–Trinajstić information content (AvgIpc) is 3.65. The summed E-state index contributed by atoms with van der Waals surface area (Å²) in [7, 11) is -3.25. The second-order valence-electron chi connectivity index (χ2n) is 10.7. The number of pyridine rings is 1. The number of hydrogen-bond donors (Lipinski definition) is 2. The monoisotopic (exact) mass is 641 g/mol. The van der Waals surface area contributed by atoms with Gasteiger partial charge in [0.25, 0.3) is 10.0 Å². The maximum absolute atomic E-state index is 13.5. The number of nitrogens with one attached hydrogen (secondary N) is 1. The number of nitrogen functional groups attached to an aromatic ring is 1. The smallest absolute Gasteiger partial charge is 0.355 e. The normalized spacial score (nSPS) is 15.1.